The van der Waals surface area contributed by atoms with Crippen LogP contribution >= 0.6 is 11.6 Å². The number of carbonyl (C=O) groups is 2. The monoisotopic (exact) mass is 473 g/mol. The van der Waals surface area contributed by atoms with Crippen LogP contribution in [0.5, 0.6) is 0 Å². The highest BCUT2D eigenvalue weighted by Gasteiger charge is 2.27. The highest BCUT2D eigenvalue weighted by molar-refractivity contribution is 6.30. The van der Waals surface area contributed by atoms with Crippen molar-refractivity contribution in [3.8, 4) is 0 Å². The number of carboxylic acids is 2. The first-order valence-corrected chi connectivity index (χ1v) is 11.7. The van der Waals surface area contributed by atoms with E-state index in [0.717, 1.165) is 24.2 Å². The van der Waals surface area contributed by atoms with Gasteiger partial charge >= 0.3 is 11.9 Å². The van der Waals surface area contributed by atoms with Gasteiger partial charge in [0.25, 0.3) is 0 Å². The van der Waals surface area contributed by atoms with Crippen molar-refractivity contribution in [1.29, 1.82) is 0 Å². The number of likely N-dealkylation sites (tertiary alicyclic amines) is 1. The van der Waals surface area contributed by atoms with Crippen molar-refractivity contribution in [2.24, 2.45) is 0 Å². The minimum absolute atomic E-state index is 0.763. The third-order valence-corrected chi connectivity index (χ3v) is 6.44. The first kappa shape index (κ1) is 25.2. The summed E-state index contributed by atoms with van der Waals surface area (Å²) in [6.45, 7) is 9.32. The summed E-state index contributed by atoms with van der Waals surface area (Å²) in [5.41, 5.74) is 2.76. The first-order chi connectivity index (χ1) is 15.9. The van der Waals surface area contributed by atoms with Gasteiger partial charge in [0.2, 0.25) is 0 Å². The molecule has 2 fully saturated rings. The Morgan fingerprint density at radius 2 is 1.30 bits per heavy atom. The summed E-state index contributed by atoms with van der Waals surface area (Å²) in [4.78, 5) is 26.1. The van der Waals surface area contributed by atoms with Crippen LogP contribution in [0.25, 0.3) is 0 Å². The van der Waals surface area contributed by atoms with Crippen LogP contribution in [0.4, 0.5) is 0 Å². The van der Waals surface area contributed by atoms with Crippen molar-refractivity contribution < 1.29 is 19.8 Å². The van der Waals surface area contributed by atoms with E-state index in [1.165, 1.54) is 63.2 Å². The predicted molar refractivity (Wildman–Crippen MR) is 128 cm³/mol. The molecular weight excluding hydrogens is 442 g/mol. The molecule has 0 aliphatic carbocycles. The molecule has 0 saturated carbocycles. The summed E-state index contributed by atoms with van der Waals surface area (Å²) >= 11 is 6.12. The lowest BCUT2D eigenvalue weighted by atomic mass is 10.0. The van der Waals surface area contributed by atoms with Gasteiger partial charge in [-0.25, -0.2) is 9.59 Å². The number of benzene rings is 2. The van der Waals surface area contributed by atoms with Gasteiger partial charge in [-0.3, -0.25) is 14.7 Å². The molecule has 0 unspecified atom stereocenters. The minimum Gasteiger partial charge on any atom is -0.473 e. The van der Waals surface area contributed by atoms with Crippen molar-refractivity contribution >= 4 is 23.5 Å². The van der Waals surface area contributed by atoms with E-state index in [2.05, 4.69) is 63.2 Å². The summed E-state index contributed by atoms with van der Waals surface area (Å²) in [7, 11) is 0. The van der Waals surface area contributed by atoms with E-state index < -0.39 is 11.9 Å². The van der Waals surface area contributed by atoms with Crippen molar-refractivity contribution in [3.05, 3.63) is 70.7 Å². The van der Waals surface area contributed by atoms with Crippen LogP contribution in [0.1, 0.15) is 24.0 Å². The Balaban J connectivity index is 0.000000454. The molecule has 2 saturated heterocycles. The molecular formula is C25H32ClN3O4. The van der Waals surface area contributed by atoms with E-state index in [9.17, 15) is 0 Å². The van der Waals surface area contributed by atoms with Crippen molar-refractivity contribution in [3.63, 3.8) is 0 Å². The second-order valence-electron chi connectivity index (χ2n) is 8.55. The van der Waals surface area contributed by atoms with Gasteiger partial charge in [0.05, 0.1) is 0 Å². The highest BCUT2D eigenvalue weighted by atomic mass is 35.5. The lowest BCUT2D eigenvalue weighted by Crippen LogP contribution is -2.52. The largest absolute Gasteiger partial charge is 0.473 e. The van der Waals surface area contributed by atoms with Gasteiger partial charge in [0, 0.05) is 50.3 Å². The van der Waals surface area contributed by atoms with Gasteiger partial charge < -0.3 is 10.2 Å². The van der Waals surface area contributed by atoms with Crippen LogP contribution in [0.2, 0.25) is 5.02 Å². The second kappa shape index (κ2) is 12.7. The van der Waals surface area contributed by atoms with Crippen LogP contribution < -0.4 is 0 Å². The zero-order valence-corrected chi connectivity index (χ0v) is 19.5. The highest BCUT2D eigenvalue weighted by Crippen LogP contribution is 2.21. The Bertz CT molecular complexity index is 884. The van der Waals surface area contributed by atoms with Crippen LogP contribution in [-0.4, -0.2) is 82.2 Å². The van der Waals surface area contributed by atoms with E-state index in [1.807, 2.05) is 6.07 Å². The van der Waals surface area contributed by atoms with Crippen LogP contribution in [-0.2, 0) is 22.7 Å². The Kier molecular flexibility index (Phi) is 9.69. The average molecular weight is 474 g/mol. The average Bonchev–Trinajstić information content (AvgIpc) is 2.81. The molecule has 2 aliphatic heterocycles. The molecule has 8 heteroatoms. The zero-order chi connectivity index (χ0) is 23.6. The van der Waals surface area contributed by atoms with Gasteiger partial charge in [0.1, 0.15) is 0 Å². The molecule has 0 aromatic heterocycles. The van der Waals surface area contributed by atoms with Gasteiger partial charge in [0.15, 0.2) is 0 Å². The molecule has 0 bridgehead atoms. The summed E-state index contributed by atoms with van der Waals surface area (Å²) in [5.74, 6) is -3.65. The summed E-state index contributed by atoms with van der Waals surface area (Å²) < 4.78 is 0. The fourth-order valence-electron chi connectivity index (χ4n) is 4.46. The number of aliphatic carboxylic acids is 2. The molecule has 4 rings (SSSR count). The Labute approximate surface area is 200 Å². The fourth-order valence-corrected chi connectivity index (χ4v) is 4.68. The fraction of sp³-hybridized carbons (Fsp3) is 0.440. The molecule has 0 radical (unpaired) electrons. The Morgan fingerprint density at radius 3 is 1.88 bits per heavy atom. The predicted octanol–water partition coefficient (Wildman–Crippen LogP) is 3.28. The molecule has 2 aromatic rings. The number of piperazine rings is 1. The number of rotatable bonds is 5. The molecule has 2 aromatic carbocycles. The van der Waals surface area contributed by atoms with Crippen molar-refractivity contribution in [2.75, 3.05) is 39.3 Å². The third-order valence-electron chi connectivity index (χ3n) is 6.21. The lowest BCUT2D eigenvalue weighted by molar-refractivity contribution is -0.159. The normalized spacial score (nSPS) is 18.3. The Hall–Kier alpha value is -2.45. The summed E-state index contributed by atoms with van der Waals surface area (Å²) in [6.07, 6.45) is 2.58. The van der Waals surface area contributed by atoms with Gasteiger partial charge in [-0.2, -0.15) is 0 Å². The van der Waals surface area contributed by atoms with Gasteiger partial charge in [-0.05, 0) is 49.2 Å². The van der Waals surface area contributed by atoms with Crippen molar-refractivity contribution in [1.82, 2.24) is 14.7 Å². The number of hydrogen-bond donors (Lipinski definition) is 2. The molecule has 2 N–H and O–H groups in total. The molecule has 7 nitrogen and oxygen atoms in total. The molecule has 33 heavy (non-hydrogen) atoms. The molecule has 2 aliphatic rings. The smallest absolute Gasteiger partial charge is 0.414 e. The number of hydrogen-bond acceptors (Lipinski definition) is 5. The Morgan fingerprint density at radius 1 is 0.758 bits per heavy atom. The number of nitrogens with zero attached hydrogens (tertiary/aromatic N) is 3. The maximum absolute atomic E-state index is 9.10. The van der Waals surface area contributed by atoms with Crippen LogP contribution in [0.3, 0.4) is 0 Å². The van der Waals surface area contributed by atoms with Crippen LogP contribution in [0, 0.1) is 0 Å². The van der Waals surface area contributed by atoms with E-state index >= 15 is 0 Å². The van der Waals surface area contributed by atoms with E-state index in [4.69, 9.17) is 31.4 Å². The number of carboxylic acid groups (broad SMARTS) is 2. The minimum atomic E-state index is -1.82. The summed E-state index contributed by atoms with van der Waals surface area (Å²) in [5, 5.41) is 15.6. The number of piperidine rings is 1. The lowest BCUT2D eigenvalue weighted by Gasteiger charge is -2.42. The second-order valence-corrected chi connectivity index (χ2v) is 8.98. The molecule has 178 valence electrons. The maximum Gasteiger partial charge on any atom is 0.414 e. The summed E-state index contributed by atoms with van der Waals surface area (Å²) in [6, 6.07) is 19.9. The van der Waals surface area contributed by atoms with Crippen molar-refractivity contribution in [2.45, 2.75) is 32.0 Å². The molecule has 2 heterocycles. The quantitative estimate of drug-likeness (QED) is 0.644. The van der Waals surface area contributed by atoms with E-state index in [1.54, 1.807) is 0 Å². The van der Waals surface area contributed by atoms with Gasteiger partial charge in [-0.15, -0.1) is 0 Å². The standard InChI is InChI=1S/C23H30ClN3.C2H2O4/c24-22-8-4-7-21(17-22)19-25-11-9-23(10-12-25)27-15-13-26(14-16-27)18-20-5-2-1-3-6-20;3-1(4)2(5)6/h1-8,17,23H,9-16,18-19H2;(H,3,4)(H,5,6). The zero-order valence-electron chi connectivity index (χ0n) is 18.8. The van der Waals surface area contributed by atoms with Crippen LogP contribution in [0.15, 0.2) is 54.6 Å². The maximum atomic E-state index is 9.10. The molecule has 0 atom stereocenters. The van der Waals surface area contributed by atoms with Gasteiger partial charge in [-0.1, -0.05) is 54.1 Å². The van der Waals surface area contributed by atoms with E-state index in [0.29, 0.717) is 0 Å². The number of halogens is 1. The molecule has 0 amide bonds. The first-order valence-electron chi connectivity index (χ1n) is 11.3. The molecule has 0 spiro atoms. The van der Waals surface area contributed by atoms with E-state index in [-0.39, 0.29) is 0 Å². The third kappa shape index (κ3) is 8.44. The topological polar surface area (TPSA) is 84.3 Å². The SMILES string of the molecule is Clc1cccc(CN2CCC(N3CCN(Cc4ccccc4)CC3)CC2)c1.O=C(O)C(=O)O.